The highest BCUT2D eigenvalue weighted by Gasteiger charge is 2.26. The van der Waals surface area contributed by atoms with Crippen LogP contribution in [0, 0.1) is 5.92 Å². The molecule has 1 amide bonds. The molecule has 0 spiro atoms. The highest BCUT2D eigenvalue weighted by Crippen LogP contribution is 2.21. The number of amides is 1. The molecule has 0 bridgehead atoms. The number of anilines is 1. The summed E-state index contributed by atoms with van der Waals surface area (Å²) in [6.07, 6.45) is 5.99. The van der Waals surface area contributed by atoms with Gasteiger partial charge in [0.05, 0.1) is 5.69 Å². The lowest BCUT2D eigenvalue weighted by molar-refractivity contribution is -0.133. The van der Waals surface area contributed by atoms with E-state index in [2.05, 4.69) is 39.1 Å². The fourth-order valence-electron chi connectivity index (χ4n) is 3.82. The summed E-state index contributed by atoms with van der Waals surface area (Å²) in [5.41, 5.74) is 2.13. The second kappa shape index (κ2) is 9.87. The molecule has 2 aromatic carbocycles. The lowest BCUT2D eigenvalue weighted by Crippen LogP contribution is -2.39. The maximum atomic E-state index is 12.9. The zero-order valence-electron chi connectivity index (χ0n) is 16.9. The normalized spacial score (nSPS) is 16.7. The lowest BCUT2D eigenvalue weighted by Gasteiger charge is -2.25. The largest absolute Gasteiger partial charge is 0.484 e. The average Bonchev–Trinajstić information content (AvgIpc) is 3.02. The van der Waals surface area contributed by atoms with Gasteiger partial charge in [-0.3, -0.25) is 14.8 Å². The molecule has 0 N–H and O–H groups in total. The molecule has 1 aliphatic rings. The standard InChI is InChI=1S/C24H26N4O2/c29-24(19-30-23-9-5-2-6-10-23)28-14-13-27(22-7-3-1-4-8-22)17-20(18-28)15-21-16-25-11-12-26-21/h1-12,16,20H,13-15,17-19H2/t20-/m1/s1. The zero-order chi connectivity index (χ0) is 20.6. The Labute approximate surface area is 177 Å². The van der Waals surface area contributed by atoms with Gasteiger partial charge in [-0.2, -0.15) is 0 Å². The number of aromatic nitrogens is 2. The van der Waals surface area contributed by atoms with E-state index in [0.717, 1.165) is 25.2 Å². The minimum Gasteiger partial charge on any atom is -0.484 e. The van der Waals surface area contributed by atoms with Crippen molar-refractivity contribution < 1.29 is 9.53 Å². The van der Waals surface area contributed by atoms with Crippen molar-refractivity contribution in [2.45, 2.75) is 6.42 Å². The van der Waals surface area contributed by atoms with Crippen LogP contribution in [-0.2, 0) is 11.2 Å². The molecule has 154 valence electrons. The van der Waals surface area contributed by atoms with Crippen LogP contribution in [-0.4, -0.2) is 53.6 Å². The Balaban J connectivity index is 1.46. The number of rotatable bonds is 6. The highest BCUT2D eigenvalue weighted by atomic mass is 16.5. The van der Waals surface area contributed by atoms with Crippen LogP contribution in [0.1, 0.15) is 5.69 Å². The minimum absolute atomic E-state index is 0.0120. The molecule has 1 aromatic heterocycles. The van der Waals surface area contributed by atoms with Gasteiger partial charge in [-0.25, -0.2) is 0 Å². The van der Waals surface area contributed by atoms with E-state index < -0.39 is 0 Å². The van der Waals surface area contributed by atoms with Gasteiger partial charge in [0.1, 0.15) is 5.75 Å². The summed E-state index contributed by atoms with van der Waals surface area (Å²) >= 11 is 0. The number of ether oxygens (including phenoxy) is 1. The van der Waals surface area contributed by atoms with Crippen LogP contribution in [0.5, 0.6) is 5.75 Å². The molecule has 6 heteroatoms. The maximum Gasteiger partial charge on any atom is 0.260 e. The second-order valence-corrected chi connectivity index (χ2v) is 7.49. The topological polar surface area (TPSA) is 58.6 Å². The average molecular weight is 402 g/mol. The summed E-state index contributed by atoms with van der Waals surface area (Å²) in [5, 5.41) is 0. The molecule has 30 heavy (non-hydrogen) atoms. The Bertz CT molecular complexity index is 922. The van der Waals surface area contributed by atoms with E-state index in [1.165, 1.54) is 5.69 Å². The Morgan fingerprint density at radius 3 is 2.47 bits per heavy atom. The first-order valence-electron chi connectivity index (χ1n) is 10.3. The first-order valence-corrected chi connectivity index (χ1v) is 10.3. The molecule has 2 heterocycles. The SMILES string of the molecule is O=C(COc1ccccc1)N1CCN(c2ccccc2)C[C@@H](Cc2cnccn2)C1. The molecule has 3 aromatic rings. The summed E-state index contributed by atoms with van der Waals surface area (Å²) in [6, 6.07) is 19.8. The number of benzene rings is 2. The Morgan fingerprint density at radius 2 is 1.73 bits per heavy atom. The summed E-state index contributed by atoms with van der Waals surface area (Å²) in [4.78, 5) is 25.8. The first-order chi connectivity index (χ1) is 14.8. The van der Waals surface area contributed by atoms with E-state index in [4.69, 9.17) is 4.74 Å². The Morgan fingerprint density at radius 1 is 0.967 bits per heavy atom. The second-order valence-electron chi connectivity index (χ2n) is 7.49. The Hall–Kier alpha value is -3.41. The number of carbonyl (C=O) groups excluding carboxylic acids is 1. The Kier molecular flexibility index (Phi) is 6.54. The number of carbonyl (C=O) groups is 1. The van der Waals surface area contributed by atoms with Crippen LogP contribution < -0.4 is 9.64 Å². The number of para-hydroxylation sites is 2. The number of hydrogen-bond acceptors (Lipinski definition) is 5. The minimum atomic E-state index is 0.0120. The van der Waals surface area contributed by atoms with E-state index >= 15 is 0 Å². The highest BCUT2D eigenvalue weighted by molar-refractivity contribution is 5.78. The van der Waals surface area contributed by atoms with Crippen molar-refractivity contribution in [2.75, 3.05) is 37.7 Å². The van der Waals surface area contributed by atoms with Gasteiger partial charge in [-0.15, -0.1) is 0 Å². The fourth-order valence-corrected chi connectivity index (χ4v) is 3.82. The summed E-state index contributed by atoms with van der Waals surface area (Å²) in [6.45, 7) is 3.05. The van der Waals surface area contributed by atoms with Crippen LogP contribution in [0.2, 0.25) is 0 Å². The van der Waals surface area contributed by atoms with Gasteiger partial charge < -0.3 is 14.5 Å². The molecule has 1 atom stereocenters. The molecule has 1 aliphatic heterocycles. The predicted octanol–water partition coefficient (Wildman–Crippen LogP) is 3.06. The molecular weight excluding hydrogens is 376 g/mol. The van der Waals surface area contributed by atoms with Crippen molar-refractivity contribution in [1.29, 1.82) is 0 Å². The monoisotopic (exact) mass is 402 g/mol. The molecule has 1 fully saturated rings. The molecule has 4 rings (SSSR count). The lowest BCUT2D eigenvalue weighted by atomic mass is 10.0. The number of nitrogens with zero attached hydrogens (tertiary/aromatic N) is 4. The van der Waals surface area contributed by atoms with Gasteiger partial charge >= 0.3 is 0 Å². The van der Waals surface area contributed by atoms with Gasteiger partial charge in [0.2, 0.25) is 0 Å². The van der Waals surface area contributed by atoms with Crippen molar-refractivity contribution in [3.8, 4) is 5.75 Å². The molecule has 1 saturated heterocycles. The van der Waals surface area contributed by atoms with Crippen LogP contribution in [0.25, 0.3) is 0 Å². The third-order valence-electron chi connectivity index (χ3n) is 5.29. The van der Waals surface area contributed by atoms with E-state index in [0.29, 0.717) is 18.8 Å². The fraction of sp³-hybridized carbons (Fsp3) is 0.292. The van der Waals surface area contributed by atoms with E-state index in [1.807, 2.05) is 47.5 Å². The van der Waals surface area contributed by atoms with Crippen molar-refractivity contribution in [3.05, 3.63) is 84.9 Å². The molecule has 6 nitrogen and oxygen atoms in total. The smallest absolute Gasteiger partial charge is 0.260 e. The van der Waals surface area contributed by atoms with Gasteiger partial charge in [0.15, 0.2) is 6.61 Å². The molecule has 0 radical (unpaired) electrons. The van der Waals surface area contributed by atoms with Gasteiger partial charge in [-0.05, 0) is 36.6 Å². The third-order valence-corrected chi connectivity index (χ3v) is 5.29. The molecule has 0 saturated carbocycles. The first kappa shape index (κ1) is 19.9. The van der Waals surface area contributed by atoms with Crippen LogP contribution >= 0.6 is 0 Å². The van der Waals surface area contributed by atoms with Crippen molar-refractivity contribution in [1.82, 2.24) is 14.9 Å². The molecular formula is C24H26N4O2. The van der Waals surface area contributed by atoms with Crippen molar-refractivity contribution in [3.63, 3.8) is 0 Å². The third kappa shape index (κ3) is 5.35. The van der Waals surface area contributed by atoms with E-state index in [1.54, 1.807) is 12.4 Å². The van der Waals surface area contributed by atoms with Gasteiger partial charge in [0, 0.05) is 50.5 Å². The zero-order valence-corrected chi connectivity index (χ0v) is 16.9. The van der Waals surface area contributed by atoms with Crippen LogP contribution in [0.4, 0.5) is 5.69 Å². The van der Waals surface area contributed by atoms with E-state index in [-0.39, 0.29) is 18.4 Å². The molecule has 0 aliphatic carbocycles. The summed E-state index contributed by atoms with van der Waals surface area (Å²) < 4.78 is 5.70. The van der Waals surface area contributed by atoms with Gasteiger partial charge in [-0.1, -0.05) is 36.4 Å². The number of hydrogen-bond donors (Lipinski definition) is 0. The quantitative estimate of drug-likeness (QED) is 0.634. The molecule has 0 unspecified atom stereocenters. The van der Waals surface area contributed by atoms with Crippen molar-refractivity contribution >= 4 is 11.6 Å². The maximum absolute atomic E-state index is 12.9. The van der Waals surface area contributed by atoms with Crippen molar-refractivity contribution in [2.24, 2.45) is 5.92 Å². The van der Waals surface area contributed by atoms with Gasteiger partial charge in [0.25, 0.3) is 5.91 Å². The predicted molar refractivity (Wildman–Crippen MR) is 116 cm³/mol. The summed E-state index contributed by atoms with van der Waals surface area (Å²) in [7, 11) is 0. The van der Waals surface area contributed by atoms with E-state index in [9.17, 15) is 4.79 Å². The summed E-state index contributed by atoms with van der Waals surface area (Å²) in [5.74, 6) is 0.977. The van der Waals surface area contributed by atoms with Crippen LogP contribution in [0.15, 0.2) is 79.3 Å². The van der Waals surface area contributed by atoms with Crippen LogP contribution in [0.3, 0.4) is 0 Å².